The van der Waals surface area contributed by atoms with Crippen molar-refractivity contribution in [2.45, 2.75) is 50.4 Å². The molecule has 0 unspecified atom stereocenters. The standard InChI is InChI=1S/C13H16F2N2O2/c1-12(14,15)18-8-5-9-10(16)6-13(3-2-4-13)19-11(9)17-7-8/h5,7,10H,2-4,6,16H2,1H3/t10-/m0/s1. The lowest BCUT2D eigenvalue weighted by molar-refractivity contribution is -0.159. The zero-order valence-electron chi connectivity index (χ0n) is 10.7. The average molecular weight is 270 g/mol. The molecule has 0 amide bonds. The van der Waals surface area contributed by atoms with Crippen molar-refractivity contribution >= 4 is 0 Å². The second kappa shape index (κ2) is 4.03. The maximum Gasteiger partial charge on any atom is 0.394 e. The minimum absolute atomic E-state index is 0.00913. The first kappa shape index (κ1) is 12.6. The number of fused-ring (bicyclic) bond motifs is 1. The number of hydrogen-bond acceptors (Lipinski definition) is 4. The predicted molar refractivity (Wildman–Crippen MR) is 64.2 cm³/mol. The van der Waals surface area contributed by atoms with Gasteiger partial charge in [0, 0.05) is 24.9 Å². The molecule has 1 atom stereocenters. The Morgan fingerprint density at radius 3 is 2.84 bits per heavy atom. The minimum Gasteiger partial charge on any atom is -0.471 e. The molecule has 0 saturated heterocycles. The van der Waals surface area contributed by atoms with Gasteiger partial charge in [-0.3, -0.25) is 0 Å². The van der Waals surface area contributed by atoms with E-state index in [0.29, 0.717) is 24.8 Å². The molecule has 4 nitrogen and oxygen atoms in total. The van der Waals surface area contributed by atoms with Gasteiger partial charge in [-0.05, 0) is 25.3 Å². The molecule has 1 aromatic rings. The summed E-state index contributed by atoms with van der Waals surface area (Å²) in [4.78, 5) is 4.07. The summed E-state index contributed by atoms with van der Waals surface area (Å²) in [5.41, 5.74) is 6.56. The molecule has 0 bridgehead atoms. The van der Waals surface area contributed by atoms with Gasteiger partial charge in [-0.2, -0.15) is 8.78 Å². The summed E-state index contributed by atoms with van der Waals surface area (Å²) in [5.74, 6) is 0.458. The van der Waals surface area contributed by atoms with Gasteiger partial charge in [-0.25, -0.2) is 4.98 Å². The largest absolute Gasteiger partial charge is 0.471 e. The van der Waals surface area contributed by atoms with Crippen LogP contribution in [0.5, 0.6) is 11.6 Å². The topological polar surface area (TPSA) is 57.4 Å². The van der Waals surface area contributed by atoms with E-state index < -0.39 is 6.11 Å². The lowest BCUT2D eigenvalue weighted by Gasteiger charge is -2.46. The highest BCUT2D eigenvalue weighted by Crippen LogP contribution is 2.47. The lowest BCUT2D eigenvalue weighted by atomic mass is 9.73. The number of halogens is 2. The second-order valence-electron chi connectivity index (χ2n) is 5.42. The molecule has 1 spiro atoms. The third kappa shape index (κ3) is 2.36. The molecule has 1 saturated carbocycles. The predicted octanol–water partition coefficient (Wildman–Crippen LogP) is 2.78. The number of nitrogens with zero attached hydrogens (tertiary/aromatic N) is 1. The molecule has 1 aromatic heterocycles. The van der Waals surface area contributed by atoms with Crippen molar-refractivity contribution in [3.05, 3.63) is 17.8 Å². The van der Waals surface area contributed by atoms with Gasteiger partial charge in [-0.1, -0.05) is 0 Å². The second-order valence-corrected chi connectivity index (χ2v) is 5.42. The van der Waals surface area contributed by atoms with Crippen LogP contribution in [0.25, 0.3) is 0 Å². The van der Waals surface area contributed by atoms with Gasteiger partial charge in [0.15, 0.2) is 0 Å². The Labute approximate surface area is 109 Å². The molecule has 2 aliphatic rings. The maximum absolute atomic E-state index is 12.8. The fourth-order valence-electron chi connectivity index (χ4n) is 2.70. The molecular formula is C13H16F2N2O2. The van der Waals surface area contributed by atoms with Crippen molar-refractivity contribution in [3.63, 3.8) is 0 Å². The van der Waals surface area contributed by atoms with Gasteiger partial charge >= 0.3 is 6.11 Å². The van der Waals surface area contributed by atoms with E-state index in [4.69, 9.17) is 10.5 Å². The van der Waals surface area contributed by atoms with Gasteiger partial charge in [0.25, 0.3) is 0 Å². The number of alkyl halides is 2. The fraction of sp³-hybridized carbons (Fsp3) is 0.615. The maximum atomic E-state index is 12.8. The minimum atomic E-state index is -3.23. The third-order valence-electron chi connectivity index (χ3n) is 3.72. The summed E-state index contributed by atoms with van der Waals surface area (Å²) in [6.45, 7) is 0.687. The number of ether oxygens (including phenoxy) is 2. The van der Waals surface area contributed by atoms with E-state index in [0.717, 1.165) is 19.3 Å². The van der Waals surface area contributed by atoms with E-state index in [1.165, 1.54) is 12.3 Å². The zero-order valence-corrected chi connectivity index (χ0v) is 10.7. The first-order valence-electron chi connectivity index (χ1n) is 6.38. The highest BCUT2D eigenvalue weighted by molar-refractivity contribution is 5.38. The monoisotopic (exact) mass is 270 g/mol. The molecule has 1 aliphatic carbocycles. The normalized spacial score (nSPS) is 24.3. The zero-order chi connectivity index (χ0) is 13.7. The Hall–Kier alpha value is -1.43. The van der Waals surface area contributed by atoms with Gasteiger partial charge in [0.2, 0.25) is 5.88 Å². The highest BCUT2D eigenvalue weighted by Gasteiger charge is 2.45. The number of aromatic nitrogens is 1. The van der Waals surface area contributed by atoms with Crippen molar-refractivity contribution in [3.8, 4) is 11.6 Å². The fourth-order valence-corrected chi connectivity index (χ4v) is 2.70. The van der Waals surface area contributed by atoms with Gasteiger partial charge in [0.1, 0.15) is 11.4 Å². The average Bonchev–Trinajstić information content (AvgIpc) is 2.25. The molecule has 2 heterocycles. The lowest BCUT2D eigenvalue weighted by Crippen LogP contribution is -2.48. The summed E-state index contributed by atoms with van der Waals surface area (Å²) < 4.78 is 36.0. The van der Waals surface area contributed by atoms with Crippen molar-refractivity contribution in [2.24, 2.45) is 5.73 Å². The Kier molecular flexibility index (Phi) is 2.67. The van der Waals surface area contributed by atoms with Crippen molar-refractivity contribution in [1.29, 1.82) is 0 Å². The van der Waals surface area contributed by atoms with E-state index in [1.807, 2.05) is 0 Å². The van der Waals surface area contributed by atoms with Crippen molar-refractivity contribution in [2.75, 3.05) is 0 Å². The number of rotatable bonds is 2. The van der Waals surface area contributed by atoms with Crippen LogP contribution < -0.4 is 15.2 Å². The van der Waals surface area contributed by atoms with Crippen LogP contribution in [0.1, 0.15) is 44.2 Å². The van der Waals surface area contributed by atoms with Crippen LogP contribution in [0.15, 0.2) is 12.3 Å². The van der Waals surface area contributed by atoms with Crippen LogP contribution in [-0.2, 0) is 0 Å². The van der Waals surface area contributed by atoms with Crippen LogP contribution in [0.3, 0.4) is 0 Å². The van der Waals surface area contributed by atoms with E-state index in [1.54, 1.807) is 0 Å². The molecule has 19 heavy (non-hydrogen) atoms. The summed E-state index contributed by atoms with van der Waals surface area (Å²) in [6.07, 6.45) is 1.81. The quantitative estimate of drug-likeness (QED) is 0.897. The summed E-state index contributed by atoms with van der Waals surface area (Å²) >= 11 is 0. The van der Waals surface area contributed by atoms with E-state index in [9.17, 15) is 8.78 Å². The number of pyridine rings is 1. The van der Waals surface area contributed by atoms with Gasteiger partial charge < -0.3 is 15.2 Å². The Morgan fingerprint density at radius 1 is 1.53 bits per heavy atom. The van der Waals surface area contributed by atoms with E-state index in [-0.39, 0.29) is 17.4 Å². The molecule has 104 valence electrons. The van der Waals surface area contributed by atoms with E-state index >= 15 is 0 Å². The molecule has 2 N–H and O–H groups in total. The number of nitrogens with two attached hydrogens (primary N) is 1. The SMILES string of the molecule is CC(F)(F)Oc1cnc2c(c1)[C@@H](N)CC1(CCC1)O2. The van der Waals surface area contributed by atoms with E-state index in [2.05, 4.69) is 9.72 Å². The van der Waals surface area contributed by atoms with Crippen LogP contribution in [0.2, 0.25) is 0 Å². The smallest absolute Gasteiger partial charge is 0.394 e. The van der Waals surface area contributed by atoms with Gasteiger partial charge in [0.05, 0.1) is 6.20 Å². The molecule has 1 aliphatic heterocycles. The Morgan fingerprint density at radius 2 is 2.26 bits per heavy atom. The van der Waals surface area contributed by atoms with Crippen molar-refractivity contribution < 1.29 is 18.3 Å². The summed E-state index contributed by atoms with van der Waals surface area (Å²) in [5, 5.41) is 0. The first-order chi connectivity index (χ1) is 8.87. The molecule has 6 heteroatoms. The summed E-state index contributed by atoms with van der Waals surface area (Å²) in [6, 6.07) is 1.25. The highest BCUT2D eigenvalue weighted by atomic mass is 19.3. The third-order valence-corrected chi connectivity index (χ3v) is 3.72. The van der Waals surface area contributed by atoms with Crippen LogP contribution >= 0.6 is 0 Å². The molecule has 0 aromatic carbocycles. The summed E-state index contributed by atoms with van der Waals surface area (Å²) in [7, 11) is 0. The Bertz CT molecular complexity index is 498. The van der Waals surface area contributed by atoms with Gasteiger partial charge in [-0.15, -0.1) is 0 Å². The van der Waals surface area contributed by atoms with Crippen LogP contribution in [0.4, 0.5) is 8.78 Å². The molecule has 3 rings (SSSR count). The molecular weight excluding hydrogens is 254 g/mol. The molecule has 1 fully saturated rings. The van der Waals surface area contributed by atoms with Crippen LogP contribution in [0, 0.1) is 0 Å². The Balaban J connectivity index is 1.87. The number of hydrogen-bond donors (Lipinski definition) is 1. The van der Waals surface area contributed by atoms with Crippen molar-refractivity contribution in [1.82, 2.24) is 4.98 Å². The van der Waals surface area contributed by atoms with Crippen LogP contribution in [-0.4, -0.2) is 16.7 Å². The first-order valence-corrected chi connectivity index (χ1v) is 6.38. The molecule has 0 radical (unpaired) electrons.